The molecule has 3 heteroatoms. The average molecular weight is 252 g/mol. The quantitative estimate of drug-likeness (QED) is 0.752. The Morgan fingerprint density at radius 1 is 0.882 bits per heavy atom. The Labute approximate surface area is 110 Å². The highest BCUT2D eigenvalue weighted by molar-refractivity contribution is 7.80. The van der Waals surface area contributed by atoms with Gasteiger partial charge in [-0.3, -0.25) is 0 Å². The maximum atomic E-state index is 5.48. The van der Waals surface area contributed by atoms with Gasteiger partial charge in [-0.1, -0.05) is 19.3 Å². The van der Waals surface area contributed by atoms with E-state index in [1.54, 1.807) is 0 Å². The fraction of sp³-hybridized carbons (Fsp3) is 0.929. The van der Waals surface area contributed by atoms with Crippen molar-refractivity contribution in [2.24, 2.45) is 11.8 Å². The normalized spacial score (nSPS) is 25.9. The van der Waals surface area contributed by atoms with Gasteiger partial charge in [0.15, 0.2) is 5.11 Å². The zero-order chi connectivity index (χ0) is 11.7. The summed E-state index contributed by atoms with van der Waals surface area (Å²) in [7, 11) is 0. The molecule has 2 N–H and O–H groups in total. The first-order valence-corrected chi connectivity index (χ1v) is 7.81. The second-order valence-corrected chi connectivity index (χ2v) is 6.56. The summed E-state index contributed by atoms with van der Waals surface area (Å²) in [6.45, 7) is 0. The van der Waals surface area contributed by atoms with Crippen LogP contribution < -0.4 is 10.6 Å². The molecule has 3 rings (SSSR count). The topological polar surface area (TPSA) is 24.1 Å². The maximum Gasteiger partial charge on any atom is 0.166 e. The largest absolute Gasteiger partial charge is 0.360 e. The minimum absolute atomic E-state index is 0.641. The van der Waals surface area contributed by atoms with Gasteiger partial charge in [0.2, 0.25) is 0 Å². The first-order chi connectivity index (χ1) is 8.33. The molecule has 0 amide bonds. The van der Waals surface area contributed by atoms with Gasteiger partial charge in [-0.25, -0.2) is 0 Å². The number of hydrogen-bond acceptors (Lipinski definition) is 1. The van der Waals surface area contributed by atoms with Crippen molar-refractivity contribution in [1.82, 2.24) is 10.6 Å². The lowest BCUT2D eigenvalue weighted by molar-refractivity contribution is 0.405. The van der Waals surface area contributed by atoms with Crippen LogP contribution in [0.25, 0.3) is 0 Å². The summed E-state index contributed by atoms with van der Waals surface area (Å²) in [6.07, 6.45) is 12.4. The number of nitrogens with one attached hydrogen (secondary N) is 2. The third-order valence-electron chi connectivity index (χ3n) is 4.50. The van der Waals surface area contributed by atoms with E-state index in [9.17, 15) is 0 Å². The molecule has 0 spiro atoms. The van der Waals surface area contributed by atoms with E-state index >= 15 is 0 Å². The lowest BCUT2D eigenvalue weighted by Crippen LogP contribution is -2.48. The van der Waals surface area contributed by atoms with E-state index in [2.05, 4.69) is 10.6 Å². The van der Waals surface area contributed by atoms with Crippen LogP contribution in [0.1, 0.15) is 57.8 Å². The Bertz CT molecular complexity index is 266. The highest BCUT2D eigenvalue weighted by Crippen LogP contribution is 2.44. The molecule has 0 atom stereocenters. The number of hydrogen-bond donors (Lipinski definition) is 2. The van der Waals surface area contributed by atoms with E-state index in [1.807, 2.05) is 0 Å². The van der Waals surface area contributed by atoms with Gasteiger partial charge >= 0.3 is 0 Å². The van der Waals surface area contributed by atoms with Crippen molar-refractivity contribution in [3.63, 3.8) is 0 Å². The summed E-state index contributed by atoms with van der Waals surface area (Å²) in [5.74, 6) is 1.85. The standard InChI is InChI=1S/C14H24N2S/c17-14(15-12-4-2-1-3-5-12)16-13(10-6-7-10)11-8-9-11/h10-13H,1-9H2,(H2,15,16,17). The molecule has 0 bridgehead atoms. The third kappa shape index (κ3) is 3.34. The van der Waals surface area contributed by atoms with E-state index in [-0.39, 0.29) is 0 Å². The predicted octanol–water partition coefficient (Wildman–Crippen LogP) is 2.97. The van der Waals surface area contributed by atoms with Gasteiger partial charge in [-0.05, 0) is 62.6 Å². The minimum atomic E-state index is 0.641. The Balaban J connectivity index is 1.44. The SMILES string of the molecule is S=C(NC1CCCCC1)NC(C1CC1)C1CC1. The Morgan fingerprint density at radius 2 is 1.47 bits per heavy atom. The molecule has 2 nitrogen and oxygen atoms in total. The molecule has 3 fully saturated rings. The van der Waals surface area contributed by atoms with Crippen LogP contribution in [0.3, 0.4) is 0 Å². The summed E-state index contributed by atoms with van der Waals surface area (Å²) in [5.41, 5.74) is 0. The molecule has 0 aliphatic heterocycles. The average Bonchev–Trinajstić information content (AvgIpc) is 3.19. The van der Waals surface area contributed by atoms with Crippen molar-refractivity contribution < 1.29 is 0 Å². The number of thiocarbonyl (C=S) groups is 1. The molecule has 3 aliphatic rings. The molecule has 3 aliphatic carbocycles. The third-order valence-corrected chi connectivity index (χ3v) is 4.73. The van der Waals surface area contributed by atoms with Crippen molar-refractivity contribution in [2.75, 3.05) is 0 Å². The second kappa shape index (κ2) is 5.13. The molecule has 3 saturated carbocycles. The molecule has 96 valence electrons. The molecule has 0 aromatic heterocycles. The zero-order valence-electron chi connectivity index (χ0n) is 10.6. The first-order valence-electron chi connectivity index (χ1n) is 7.40. The van der Waals surface area contributed by atoms with Gasteiger partial charge in [0.1, 0.15) is 0 Å². The Hall–Kier alpha value is -0.310. The van der Waals surface area contributed by atoms with Crippen molar-refractivity contribution in [3.8, 4) is 0 Å². The molecule has 0 saturated heterocycles. The maximum absolute atomic E-state index is 5.48. The van der Waals surface area contributed by atoms with Gasteiger partial charge in [0, 0.05) is 12.1 Å². The van der Waals surface area contributed by atoms with Crippen LogP contribution >= 0.6 is 12.2 Å². The van der Waals surface area contributed by atoms with Crippen LogP contribution in [0.4, 0.5) is 0 Å². The van der Waals surface area contributed by atoms with Gasteiger partial charge in [0.05, 0.1) is 0 Å². The first kappa shape index (κ1) is 11.8. The summed E-state index contributed by atoms with van der Waals surface area (Å²) in [5, 5.41) is 8.07. The summed E-state index contributed by atoms with van der Waals surface area (Å²) >= 11 is 5.48. The van der Waals surface area contributed by atoms with E-state index in [0.29, 0.717) is 12.1 Å². The molecule has 0 aromatic rings. The van der Waals surface area contributed by atoms with Crippen LogP contribution in [0, 0.1) is 11.8 Å². The Kier molecular flexibility index (Phi) is 3.55. The molecular weight excluding hydrogens is 228 g/mol. The predicted molar refractivity (Wildman–Crippen MR) is 75.0 cm³/mol. The van der Waals surface area contributed by atoms with E-state index in [0.717, 1.165) is 16.9 Å². The fourth-order valence-corrected chi connectivity index (χ4v) is 3.46. The van der Waals surface area contributed by atoms with Gasteiger partial charge < -0.3 is 10.6 Å². The molecule has 0 radical (unpaired) electrons. The molecular formula is C14H24N2S. The number of rotatable bonds is 4. The van der Waals surface area contributed by atoms with E-state index in [1.165, 1.54) is 57.8 Å². The van der Waals surface area contributed by atoms with Crippen molar-refractivity contribution in [2.45, 2.75) is 69.9 Å². The van der Waals surface area contributed by atoms with Crippen molar-refractivity contribution in [3.05, 3.63) is 0 Å². The zero-order valence-corrected chi connectivity index (χ0v) is 11.4. The fourth-order valence-electron chi connectivity index (χ4n) is 3.16. The van der Waals surface area contributed by atoms with Crippen LogP contribution in [-0.2, 0) is 0 Å². The molecule has 0 aromatic carbocycles. The second-order valence-electron chi connectivity index (χ2n) is 6.15. The van der Waals surface area contributed by atoms with Crippen LogP contribution in [0.15, 0.2) is 0 Å². The van der Waals surface area contributed by atoms with Gasteiger partial charge in [-0.2, -0.15) is 0 Å². The molecule has 0 heterocycles. The van der Waals surface area contributed by atoms with Crippen LogP contribution in [0.5, 0.6) is 0 Å². The van der Waals surface area contributed by atoms with Crippen molar-refractivity contribution >= 4 is 17.3 Å². The lowest BCUT2D eigenvalue weighted by atomic mass is 9.96. The Morgan fingerprint density at radius 3 is 2.00 bits per heavy atom. The summed E-state index contributed by atoms with van der Waals surface area (Å²) in [4.78, 5) is 0. The highest BCUT2D eigenvalue weighted by Gasteiger charge is 2.41. The van der Waals surface area contributed by atoms with E-state index < -0.39 is 0 Å². The summed E-state index contributed by atoms with van der Waals surface area (Å²) in [6, 6.07) is 1.33. The van der Waals surface area contributed by atoms with Crippen LogP contribution in [0.2, 0.25) is 0 Å². The van der Waals surface area contributed by atoms with Gasteiger partial charge in [0.25, 0.3) is 0 Å². The van der Waals surface area contributed by atoms with E-state index in [4.69, 9.17) is 12.2 Å². The molecule has 0 unspecified atom stereocenters. The monoisotopic (exact) mass is 252 g/mol. The molecule has 17 heavy (non-hydrogen) atoms. The van der Waals surface area contributed by atoms with Crippen molar-refractivity contribution in [1.29, 1.82) is 0 Å². The summed E-state index contributed by atoms with van der Waals surface area (Å²) < 4.78 is 0. The highest BCUT2D eigenvalue weighted by atomic mass is 32.1. The lowest BCUT2D eigenvalue weighted by Gasteiger charge is -2.27. The van der Waals surface area contributed by atoms with Crippen LogP contribution in [-0.4, -0.2) is 17.2 Å². The minimum Gasteiger partial charge on any atom is -0.360 e. The smallest absolute Gasteiger partial charge is 0.166 e. The van der Waals surface area contributed by atoms with Gasteiger partial charge in [-0.15, -0.1) is 0 Å².